The van der Waals surface area contributed by atoms with Gasteiger partial charge in [0.1, 0.15) is 10.6 Å². The van der Waals surface area contributed by atoms with E-state index in [1.165, 1.54) is 7.11 Å². The van der Waals surface area contributed by atoms with Gasteiger partial charge in [-0.2, -0.15) is 0 Å². The first-order chi connectivity index (χ1) is 10.4. The van der Waals surface area contributed by atoms with Crippen LogP contribution in [0.4, 0.5) is 0 Å². The molecular formula is C16H20N2O3S. The molecule has 1 unspecified atom stereocenters. The summed E-state index contributed by atoms with van der Waals surface area (Å²) in [4.78, 5) is 0.121. The summed E-state index contributed by atoms with van der Waals surface area (Å²) in [5.41, 5.74) is 7.74. The average Bonchev–Trinajstić information content (AvgIpc) is 2.53. The Morgan fingerprint density at radius 2 is 1.86 bits per heavy atom. The Morgan fingerprint density at radius 3 is 2.50 bits per heavy atom. The summed E-state index contributed by atoms with van der Waals surface area (Å²) in [5, 5.41) is 0. The minimum atomic E-state index is -3.68. The quantitative estimate of drug-likeness (QED) is 0.853. The van der Waals surface area contributed by atoms with E-state index in [0.717, 1.165) is 11.1 Å². The SMILES string of the molecule is COc1ccc(C)cc1S(=O)(=O)NCC(N)c1ccccc1. The maximum Gasteiger partial charge on any atom is 0.244 e. The number of benzene rings is 2. The molecule has 2 aromatic carbocycles. The monoisotopic (exact) mass is 320 g/mol. The van der Waals surface area contributed by atoms with Gasteiger partial charge in [-0.25, -0.2) is 13.1 Å². The third-order valence-corrected chi connectivity index (χ3v) is 4.77. The summed E-state index contributed by atoms with van der Waals surface area (Å²) >= 11 is 0. The lowest BCUT2D eigenvalue weighted by atomic mass is 10.1. The van der Waals surface area contributed by atoms with Gasteiger partial charge in [0.2, 0.25) is 10.0 Å². The van der Waals surface area contributed by atoms with E-state index in [1.807, 2.05) is 37.3 Å². The predicted octanol–water partition coefficient (Wildman–Crippen LogP) is 1.98. The zero-order valence-electron chi connectivity index (χ0n) is 12.6. The molecule has 5 nitrogen and oxygen atoms in total. The van der Waals surface area contributed by atoms with Crippen LogP contribution in [0.15, 0.2) is 53.4 Å². The summed E-state index contributed by atoms with van der Waals surface area (Å²) in [6.07, 6.45) is 0. The van der Waals surface area contributed by atoms with Crippen LogP contribution in [0.5, 0.6) is 5.75 Å². The normalized spacial score (nSPS) is 12.9. The Bertz CT molecular complexity index is 730. The fraction of sp³-hybridized carbons (Fsp3) is 0.250. The van der Waals surface area contributed by atoms with Crippen LogP contribution in [-0.4, -0.2) is 22.1 Å². The Hall–Kier alpha value is -1.89. The highest BCUT2D eigenvalue weighted by Gasteiger charge is 2.20. The van der Waals surface area contributed by atoms with Crippen molar-refractivity contribution >= 4 is 10.0 Å². The molecule has 0 aliphatic rings. The molecule has 0 aliphatic carbocycles. The van der Waals surface area contributed by atoms with E-state index in [0.29, 0.717) is 5.75 Å². The fourth-order valence-corrected chi connectivity index (χ4v) is 3.40. The van der Waals surface area contributed by atoms with Crippen LogP contribution in [0.25, 0.3) is 0 Å². The van der Waals surface area contributed by atoms with E-state index in [9.17, 15) is 8.42 Å². The van der Waals surface area contributed by atoms with E-state index in [1.54, 1.807) is 18.2 Å². The second-order valence-electron chi connectivity index (χ2n) is 5.02. The zero-order valence-corrected chi connectivity index (χ0v) is 13.4. The molecule has 6 heteroatoms. The van der Waals surface area contributed by atoms with E-state index in [-0.39, 0.29) is 11.4 Å². The first kappa shape index (κ1) is 16.5. The van der Waals surface area contributed by atoms with Crippen molar-refractivity contribution in [2.45, 2.75) is 17.9 Å². The number of hydrogen-bond donors (Lipinski definition) is 2. The molecule has 22 heavy (non-hydrogen) atoms. The van der Waals surface area contributed by atoms with E-state index in [2.05, 4.69) is 4.72 Å². The molecule has 0 radical (unpaired) electrons. The molecule has 3 N–H and O–H groups in total. The van der Waals surface area contributed by atoms with Gasteiger partial charge in [0.15, 0.2) is 0 Å². The van der Waals surface area contributed by atoms with Crippen molar-refractivity contribution in [3.05, 3.63) is 59.7 Å². The molecule has 0 saturated carbocycles. The number of aryl methyl sites for hydroxylation is 1. The first-order valence-corrected chi connectivity index (χ1v) is 8.37. The lowest BCUT2D eigenvalue weighted by Crippen LogP contribution is -2.32. The topological polar surface area (TPSA) is 81.4 Å². The van der Waals surface area contributed by atoms with Gasteiger partial charge in [0, 0.05) is 12.6 Å². The molecule has 118 valence electrons. The zero-order chi connectivity index (χ0) is 16.2. The second kappa shape index (κ2) is 6.91. The fourth-order valence-electron chi connectivity index (χ4n) is 2.09. The highest BCUT2D eigenvalue weighted by Crippen LogP contribution is 2.24. The number of nitrogens with two attached hydrogens (primary N) is 1. The minimum Gasteiger partial charge on any atom is -0.495 e. The summed E-state index contributed by atoms with van der Waals surface area (Å²) in [7, 11) is -2.24. The Kier molecular flexibility index (Phi) is 5.18. The smallest absolute Gasteiger partial charge is 0.244 e. The van der Waals surface area contributed by atoms with Crippen molar-refractivity contribution in [2.24, 2.45) is 5.73 Å². The number of ether oxygens (including phenoxy) is 1. The van der Waals surface area contributed by atoms with Crippen LogP contribution in [0.1, 0.15) is 17.2 Å². The molecule has 0 fully saturated rings. The first-order valence-electron chi connectivity index (χ1n) is 6.89. The van der Waals surface area contributed by atoms with Gasteiger partial charge in [0.05, 0.1) is 7.11 Å². The largest absolute Gasteiger partial charge is 0.495 e. The van der Waals surface area contributed by atoms with E-state index >= 15 is 0 Å². The van der Waals surface area contributed by atoms with Crippen molar-refractivity contribution in [1.82, 2.24) is 4.72 Å². The predicted molar refractivity (Wildman–Crippen MR) is 86.3 cm³/mol. The summed E-state index contributed by atoms with van der Waals surface area (Å²) < 4.78 is 32.6. The molecule has 0 bridgehead atoms. The lowest BCUT2D eigenvalue weighted by Gasteiger charge is -2.15. The molecule has 0 saturated heterocycles. The maximum absolute atomic E-state index is 12.5. The highest BCUT2D eigenvalue weighted by atomic mass is 32.2. The van der Waals surface area contributed by atoms with E-state index in [4.69, 9.17) is 10.5 Å². The molecule has 0 aromatic heterocycles. The third kappa shape index (κ3) is 3.85. The third-order valence-electron chi connectivity index (χ3n) is 3.33. The minimum absolute atomic E-state index is 0.115. The lowest BCUT2D eigenvalue weighted by molar-refractivity contribution is 0.402. The number of methoxy groups -OCH3 is 1. The summed E-state index contributed by atoms with van der Waals surface area (Å²) in [6.45, 7) is 1.94. The Balaban J connectivity index is 2.17. The van der Waals surface area contributed by atoms with Crippen LogP contribution < -0.4 is 15.2 Å². The number of sulfonamides is 1. The Morgan fingerprint density at radius 1 is 1.18 bits per heavy atom. The van der Waals surface area contributed by atoms with Gasteiger partial charge >= 0.3 is 0 Å². The van der Waals surface area contributed by atoms with Gasteiger partial charge in [-0.15, -0.1) is 0 Å². The Labute approximate surface area is 131 Å². The van der Waals surface area contributed by atoms with Crippen LogP contribution in [0.2, 0.25) is 0 Å². The van der Waals surface area contributed by atoms with Crippen LogP contribution in [0, 0.1) is 6.92 Å². The van der Waals surface area contributed by atoms with Crippen LogP contribution in [0.3, 0.4) is 0 Å². The molecule has 0 amide bonds. The average molecular weight is 320 g/mol. The van der Waals surface area contributed by atoms with Gasteiger partial charge < -0.3 is 10.5 Å². The molecule has 0 aliphatic heterocycles. The van der Waals surface area contributed by atoms with Gasteiger partial charge in [-0.05, 0) is 30.2 Å². The molecular weight excluding hydrogens is 300 g/mol. The van der Waals surface area contributed by atoms with Crippen LogP contribution >= 0.6 is 0 Å². The van der Waals surface area contributed by atoms with Crippen molar-refractivity contribution in [3.8, 4) is 5.75 Å². The van der Waals surface area contributed by atoms with Crippen LogP contribution in [-0.2, 0) is 10.0 Å². The van der Waals surface area contributed by atoms with Crippen molar-refractivity contribution in [2.75, 3.05) is 13.7 Å². The van der Waals surface area contributed by atoms with Crippen molar-refractivity contribution < 1.29 is 13.2 Å². The molecule has 0 heterocycles. The molecule has 2 rings (SSSR count). The highest BCUT2D eigenvalue weighted by molar-refractivity contribution is 7.89. The van der Waals surface area contributed by atoms with Gasteiger partial charge in [-0.1, -0.05) is 36.4 Å². The molecule has 2 aromatic rings. The van der Waals surface area contributed by atoms with Crippen molar-refractivity contribution in [1.29, 1.82) is 0 Å². The van der Waals surface area contributed by atoms with Gasteiger partial charge in [-0.3, -0.25) is 0 Å². The molecule has 0 spiro atoms. The maximum atomic E-state index is 12.5. The van der Waals surface area contributed by atoms with Gasteiger partial charge in [0.25, 0.3) is 0 Å². The second-order valence-corrected chi connectivity index (χ2v) is 6.76. The number of rotatable bonds is 6. The van der Waals surface area contributed by atoms with E-state index < -0.39 is 16.1 Å². The standard InChI is InChI=1S/C16H20N2O3S/c1-12-8-9-15(21-2)16(10-12)22(19,20)18-11-14(17)13-6-4-3-5-7-13/h3-10,14,18H,11,17H2,1-2H3. The summed E-state index contributed by atoms with van der Waals surface area (Å²) in [6, 6.07) is 14.0. The van der Waals surface area contributed by atoms with Crippen molar-refractivity contribution in [3.63, 3.8) is 0 Å². The number of nitrogens with one attached hydrogen (secondary N) is 1. The summed E-state index contributed by atoms with van der Waals surface area (Å²) in [5.74, 6) is 0.311. The molecule has 1 atom stereocenters. The number of hydrogen-bond acceptors (Lipinski definition) is 4.